The number of aryl methyl sites for hydroxylation is 1. The molecule has 0 spiro atoms. The van der Waals surface area contributed by atoms with Crippen LogP contribution >= 0.6 is 11.6 Å². The topological polar surface area (TPSA) is 22.1 Å². The van der Waals surface area contributed by atoms with E-state index < -0.39 is 0 Å². The zero-order valence-corrected chi connectivity index (χ0v) is 9.55. The highest BCUT2D eigenvalue weighted by Crippen LogP contribution is 2.28. The molecule has 0 radical (unpaired) electrons. The van der Waals surface area contributed by atoms with Gasteiger partial charge in [-0.15, -0.1) is 0 Å². The van der Waals surface area contributed by atoms with Crippen LogP contribution in [0.15, 0.2) is 25.3 Å². The fraction of sp³-hybridized carbons (Fsp3) is 0.250. The molecule has 0 unspecified atom stereocenters. The molecule has 0 saturated carbocycles. The predicted octanol–water partition coefficient (Wildman–Crippen LogP) is 3.51. The molecule has 0 amide bonds. The Morgan fingerprint density at radius 2 is 2.27 bits per heavy atom. The second-order valence-corrected chi connectivity index (χ2v) is 3.34. The van der Waals surface area contributed by atoms with Crippen LogP contribution in [-0.2, 0) is 6.42 Å². The van der Waals surface area contributed by atoms with Gasteiger partial charge < -0.3 is 4.74 Å². The molecule has 0 bridgehead atoms. The molecular weight excluding hydrogens is 210 g/mol. The van der Waals surface area contributed by atoms with Crippen molar-refractivity contribution in [3.8, 4) is 5.75 Å². The summed E-state index contributed by atoms with van der Waals surface area (Å²) >= 11 is 6.01. The largest absolute Gasteiger partial charge is 0.486 e. The molecule has 1 aromatic rings. The van der Waals surface area contributed by atoms with E-state index in [1.165, 1.54) is 0 Å². The molecule has 0 aliphatic rings. The highest BCUT2D eigenvalue weighted by atomic mass is 35.5. The van der Waals surface area contributed by atoms with Crippen molar-refractivity contribution in [2.75, 3.05) is 6.61 Å². The molecule has 0 aliphatic heterocycles. The van der Waals surface area contributed by atoms with Crippen LogP contribution in [0.25, 0.3) is 6.08 Å². The van der Waals surface area contributed by atoms with Gasteiger partial charge in [-0.1, -0.05) is 43.8 Å². The molecule has 0 saturated heterocycles. The Balaban J connectivity index is 3.12. The third-order valence-electron chi connectivity index (χ3n) is 1.94. The standard InChI is InChI=1S/C12H14ClNO/c1-4-7-15-11-9(5-2)8-10(6-3)14-12(11)13/h4-5,8H,1-2,6-7H2,3H3. The zero-order chi connectivity index (χ0) is 11.3. The number of hydrogen-bond acceptors (Lipinski definition) is 2. The normalized spacial score (nSPS) is 9.73. The van der Waals surface area contributed by atoms with Gasteiger partial charge >= 0.3 is 0 Å². The maximum absolute atomic E-state index is 6.01. The first-order chi connectivity index (χ1) is 7.22. The molecule has 1 heterocycles. The van der Waals surface area contributed by atoms with Crippen molar-refractivity contribution in [2.24, 2.45) is 0 Å². The number of hydrogen-bond donors (Lipinski definition) is 0. The van der Waals surface area contributed by atoms with Crippen molar-refractivity contribution in [1.82, 2.24) is 4.98 Å². The number of aromatic nitrogens is 1. The van der Waals surface area contributed by atoms with Crippen molar-refractivity contribution < 1.29 is 4.74 Å². The highest BCUT2D eigenvalue weighted by Gasteiger charge is 2.09. The molecule has 0 aromatic carbocycles. The van der Waals surface area contributed by atoms with Gasteiger partial charge in [-0.2, -0.15) is 0 Å². The lowest BCUT2D eigenvalue weighted by Crippen LogP contribution is -1.99. The minimum absolute atomic E-state index is 0.381. The molecule has 0 aliphatic carbocycles. The molecule has 0 atom stereocenters. The van der Waals surface area contributed by atoms with Gasteiger partial charge in [0.2, 0.25) is 0 Å². The summed E-state index contributed by atoms with van der Waals surface area (Å²) in [5.74, 6) is 0.573. The molecule has 2 nitrogen and oxygen atoms in total. The zero-order valence-electron chi connectivity index (χ0n) is 8.79. The van der Waals surface area contributed by atoms with Crippen molar-refractivity contribution in [2.45, 2.75) is 13.3 Å². The maximum Gasteiger partial charge on any atom is 0.171 e. The van der Waals surface area contributed by atoms with Crippen LogP contribution in [-0.4, -0.2) is 11.6 Å². The number of rotatable bonds is 5. The van der Waals surface area contributed by atoms with Crippen LogP contribution in [0.1, 0.15) is 18.2 Å². The SMILES string of the molecule is C=CCOc1c(C=C)cc(CC)nc1Cl. The Hall–Kier alpha value is -1.28. The summed E-state index contributed by atoms with van der Waals surface area (Å²) in [4.78, 5) is 4.21. The Kier molecular flexibility index (Phi) is 4.37. The smallest absolute Gasteiger partial charge is 0.171 e. The van der Waals surface area contributed by atoms with E-state index in [2.05, 4.69) is 18.1 Å². The van der Waals surface area contributed by atoms with Crippen molar-refractivity contribution in [3.05, 3.63) is 41.7 Å². The van der Waals surface area contributed by atoms with Gasteiger partial charge in [0.15, 0.2) is 10.9 Å². The number of ether oxygens (including phenoxy) is 1. The van der Waals surface area contributed by atoms with Crippen molar-refractivity contribution in [1.29, 1.82) is 0 Å². The molecule has 1 aromatic heterocycles. The number of halogens is 1. The van der Waals surface area contributed by atoms with Crippen molar-refractivity contribution >= 4 is 17.7 Å². The number of pyridine rings is 1. The van der Waals surface area contributed by atoms with E-state index in [0.29, 0.717) is 17.5 Å². The minimum Gasteiger partial charge on any atom is -0.486 e. The molecule has 80 valence electrons. The van der Waals surface area contributed by atoms with Gasteiger partial charge in [0.25, 0.3) is 0 Å². The van der Waals surface area contributed by atoms with E-state index in [1.807, 2.05) is 13.0 Å². The van der Waals surface area contributed by atoms with E-state index in [1.54, 1.807) is 12.2 Å². The molecule has 15 heavy (non-hydrogen) atoms. The summed E-state index contributed by atoms with van der Waals surface area (Å²) in [7, 11) is 0. The summed E-state index contributed by atoms with van der Waals surface area (Å²) < 4.78 is 5.42. The maximum atomic E-state index is 6.01. The van der Waals surface area contributed by atoms with Crippen LogP contribution in [0.3, 0.4) is 0 Å². The summed E-state index contributed by atoms with van der Waals surface area (Å²) in [5.41, 5.74) is 1.80. The van der Waals surface area contributed by atoms with Gasteiger partial charge in [-0.25, -0.2) is 4.98 Å². The summed E-state index contributed by atoms with van der Waals surface area (Å²) in [5, 5.41) is 0.381. The minimum atomic E-state index is 0.381. The molecule has 0 fully saturated rings. The van der Waals surface area contributed by atoms with Crippen LogP contribution in [0, 0.1) is 0 Å². The second kappa shape index (κ2) is 5.56. The Labute approximate surface area is 95.2 Å². The van der Waals surface area contributed by atoms with E-state index in [4.69, 9.17) is 16.3 Å². The monoisotopic (exact) mass is 223 g/mol. The molecule has 1 rings (SSSR count). The fourth-order valence-corrected chi connectivity index (χ4v) is 1.46. The first-order valence-electron chi connectivity index (χ1n) is 4.78. The molecule has 3 heteroatoms. The van der Waals surface area contributed by atoms with E-state index in [9.17, 15) is 0 Å². The third kappa shape index (κ3) is 2.83. The average Bonchev–Trinajstić information content (AvgIpc) is 2.26. The summed E-state index contributed by atoms with van der Waals surface area (Å²) in [6, 6.07) is 1.93. The van der Waals surface area contributed by atoms with Gasteiger partial charge in [0.1, 0.15) is 6.61 Å². The summed E-state index contributed by atoms with van der Waals surface area (Å²) in [6.45, 7) is 9.74. The highest BCUT2D eigenvalue weighted by molar-refractivity contribution is 6.31. The molecule has 0 N–H and O–H groups in total. The van der Waals surface area contributed by atoms with Gasteiger partial charge in [0, 0.05) is 11.3 Å². The lowest BCUT2D eigenvalue weighted by molar-refractivity contribution is 0.361. The average molecular weight is 224 g/mol. The lowest BCUT2D eigenvalue weighted by atomic mass is 10.2. The van der Waals surface area contributed by atoms with Crippen LogP contribution in [0.2, 0.25) is 5.15 Å². The first-order valence-corrected chi connectivity index (χ1v) is 5.16. The Morgan fingerprint density at radius 1 is 1.53 bits per heavy atom. The van der Waals surface area contributed by atoms with E-state index >= 15 is 0 Å². The first kappa shape index (κ1) is 11.8. The van der Waals surface area contributed by atoms with Crippen molar-refractivity contribution in [3.63, 3.8) is 0 Å². The third-order valence-corrected chi connectivity index (χ3v) is 2.20. The van der Waals surface area contributed by atoms with E-state index in [-0.39, 0.29) is 0 Å². The van der Waals surface area contributed by atoms with E-state index in [0.717, 1.165) is 17.7 Å². The second-order valence-electron chi connectivity index (χ2n) is 2.98. The van der Waals surface area contributed by atoms with Crippen LogP contribution in [0.5, 0.6) is 5.75 Å². The fourth-order valence-electron chi connectivity index (χ4n) is 1.19. The molecular formula is C12H14ClNO. The summed E-state index contributed by atoms with van der Waals surface area (Å²) in [6.07, 6.45) is 4.21. The van der Waals surface area contributed by atoms with Crippen LogP contribution < -0.4 is 4.74 Å². The van der Waals surface area contributed by atoms with Gasteiger partial charge in [0.05, 0.1) is 0 Å². The Bertz CT molecular complexity index is 374. The van der Waals surface area contributed by atoms with Gasteiger partial charge in [-0.05, 0) is 12.5 Å². The quantitative estimate of drug-likeness (QED) is 0.563. The lowest BCUT2D eigenvalue weighted by Gasteiger charge is -2.10. The van der Waals surface area contributed by atoms with Crippen LogP contribution in [0.4, 0.5) is 0 Å². The number of nitrogens with zero attached hydrogens (tertiary/aromatic N) is 1. The Morgan fingerprint density at radius 3 is 2.80 bits per heavy atom. The predicted molar refractivity (Wildman–Crippen MR) is 64.4 cm³/mol. The van der Waals surface area contributed by atoms with Gasteiger partial charge in [-0.3, -0.25) is 0 Å².